The molecule has 1 amide bonds. The van der Waals surface area contributed by atoms with Gasteiger partial charge in [-0.15, -0.1) is 0 Å². The zero-order valence-corrected chi connectivity index (χ0v) is 11.8. The fourth-order valence-electron chi connectivity index (χ4n) is 2.29. The van der Waals surface area contributed by atoms with E-state index in [4.69, 9.17) is 9.84 Å². The smallest absolute Gasteiger partial charge is 0.407 e. The number of carboxylic acid groups (broad SMARTS) is 1. The predicted molar refractivity (Wildman–Crippen MR) is 75.2 cm³/mol. The summed E-state index contributed by atoms with van der Waals surface area (Å²) in [6, 6.07) is 5.79. The van der Waals surface area contributed by atoms with Gasteiger partial charge >= 0.3 is 12.1 Å². The molecule has 2 rings (SSSR count). The maximum absolute atomic E-state index is 11.9. The maximum atomic E-state index is 11.9. The standard InChI is InChI=1S/C14H16N2O6/c17-13(11-5-7-15(8-6-11)14(18)19)22-9-10-1-3-12(4-2-10)16(20)21/h1-4,11H,5-9H2,(H,18,19). The van der Waals surface area contributed by atoms with Gasteiger partial charge in [0.25, 0.3) is 5.69 Å². The van der Waals surface area contributed by atoms with Crippen LogP contribution in [0, 0.1) is 16.0 Å². The second-order valence-electron chi connectivity index (χ2n) is 5.08. The summed E-state index contributed by atoms with van der Waals surface area (Å²) in [7, 11) is 0. The van der Waals surface area contributed by atoms with Crippen LogP contribution in [0.4, 0.5) is 10.5 Å². The van der Waals surface area contributed by atoms with E-state index in [9.17, 15) is 19.7 Å². The van der Waals surface area contributed by atoms with Crippen LogP contribution in [0.1, 0.15) is 18.4 Å². The van der Waals surface area contributed by atoms with Crippen LogP contribution in [0.3, 0.4) is 0 Å². The number of amides is 1. The number of esters is 1. The lowest BCUT2D eigenvalue weighted by atomic mass is 9.97. The van der Waals surface area contributed by atoms with Crippen molar-refractivity contribution in [1.82, 2.24) is 4.90 Å². The molecule has 8 heteroatoms. The molecule has 1 aliphatic rings. The van der Waals surface area contributed by atoms with Gasteiger partial charge in [0.1, 0.15) is 6.61 Å². The molecule has 0 atom stereocenters. The molecule has 1 fully saturated rings. The van der Waals surface area contributed by atoms with E-state index in [-0.39, 0.29) is 24.2 Å². The number of nitro benzene ring substituents is 1. The number of nitrogens with zero attached hydrogens (tertiary/aromatic N) is 2. The van der Waals surface area contributed by atoms with E-state index in [2.05, 4.69) is 0 Å². The van der Waals surface area contributed by atoms with Gasteiger partial charge in [-0.05, 0) is 30.5 Å². The number of ether oxygens (including phenoxy) is 1. The van der Waals surface area contributed by atoms with Crippen molar-refractivity contribution in [2.75, 3.05) is 13.1 Å². The normalized spacial score (nSPS) is 15.4. The first-order chi connectivity index (χ1) is 10.5. The van der Waals surface area contributed by atoms with Gasteiger partial charge in [-0.2, -0.15) is 0 Å². The monoisotopic (exact) mass is 308 g/mol. The summed E-state index contributed by atoms with van der Waals surface area (Å²) in [6.07, 6.45) is -0.0748. The highest BCUT2D eigenvalue weighted by molar-refractivity contribution is 5.73. The minimum Gasteiger partial charge on any atom is -0.465 e. The van der Waals surface area contributed by atoms with Crippen LogP contribution >= 0.6 is 0 Å². The van der Waals surface area contributed by atoms with E-state index in [1.54, 1.807) is 12.1 Å². The number of hydrogen-bond acceptors (Lipinski definition) is 5. The third-order valence-electron chi connectivity index (χ3n) is 3.63. The van der Waals surface area contributed by atoms with Gasteiger partial charge in [-0.25, -0.2) is 4.79 Å². The Morgan fingerprint density at radius 3 is 2.36 bits per heavy atom. The number of benzene rings is 1. The van der Waals surface area contributed by atoms with Crippen molar-refractivity contribution in [3.63, 3.8) is 0 Å². The van der Waals surface area contributed by atoms with Crippen molar-refractivity contribution in [2.45, 2.75) is 19.4 Å². The van der Waals surface area contributed by atoms with Crippen LogP contribution in [0.2, 0.25) is 0 Å². The third-order valence-corrected chi connectivity index (χ3v) is 3.63. The Morgan fingerprint density at radius 2 is 1.86 bits per heavy atom. The third kappa shape index (κ3) is 3.94. The fraction of sp³-hybridized carbons (Fsp3) is 0.429. The zero-order valence-electron chi connectivity index (χ0n) is 11.8. The minimum atomic E-state index is -0.974. The Morgan fingerprint density at radius 1 is 1.27 bits per heavy atom. The first-order valence-corrected chi connectivity index (χ1v) is 6.85. The lowest BCUT2D eigenvalue weighted by Crippen LogP contribution is -2.39. The molecule has 1 heterocycles. The van der Waals surface area contributed by atoms with E-state index < -0.39 is 11.0 Å². The van der Waals surface area contributed by atoms with Crippen molar-refractivity contribution in [2.24, 2.45) is 5.92 Å². The fourth-order valence-corrected chi connectivity index (χ4v) is 2.29. The Labute approximate surface area is 126 Å². The van der Waals surface area contributed by atoms with E-state index in [0.717, 1.165) is 0 Å². The summed E-state index contributed by atoms with van der Waals surface area (Å²) in [6.45, 7) is 0.704. The van der Waals surface area contributed by atoms with E-state index >= 15 is 0 Å². The zero-order chi connectivity index (χ0) is 16.1. The van der Waals surface area contributed by atoms with Crippen LogP contribution < -0.4 is 0 Å². The average molecular weight is 308 g/mol. The van der Waals surface area contributed by atoms with Crippen LogP contribution in [-0.4, -0.2) is 40.1 Å². The highest BCUT2D eigenvalue weighted by Gasteiger charge is 2.28. The van der Waals surface area contributed by atoms with Gasteiger partial charge < -0.3 is 14.7 Å². The topological polar surface area (TPSA) is 110 Å². The van der Waals surface area contributed by atoms with Gasteiger partial charge in [-0.1, -0.05) is 0 Å². The molecule has 8 nitrogen and oxygen atoms in total. The summed E-state index contributed by atoms with van der Waals surface area (Å²) in [5, 5.41) is 19.4. The summed E-state index contributed by atoms with van der Waals surface area (Å²) < 4.78 is 5.19. The van der Waals surface area contributed by atoms with Crippen LogP contribution in [0.5, 0.6) is 0 Å². The molecule has 1 aromatic carbocycles. The van der Waals surface area contributed by atoms with Gasteiger partial charge in [0, 0.05) is 25.2 Å². The Kier molecular flexibility index (Phi) is 4.92. The van der Waals surface area contributed by atoms with Crippen molar-refractivity contribution >= 4 is 17.7 Å². The van der Waals surface area contributed by atoms with Gasteiger partial charge in [0.05, 0.1) is 10.8 Å². The van der Waals surface area contributed by atoms with Crippen LogP contribution in [-0.2, 0) is 16.1 Å². The lowest BCUT2D eigenvalue weighted by Gasteiger charge is -2.28. The van der Waals surface area contributed by atoms with Gasteiger partial charge in [-0.3, -0.25) is 14.9 Å². The Balaban J connectivity index is 1.80. The molecule has 0 aliphatic carbocycles. The van der Waals surface area contributed by atoms with Crippen molar-refractivity contribution < 1.29 is 24.4 Å². The number of carbonyl (C=O) groups excluding carboxylic acids is 1. The molecule has 0 aromatic heterocycles. The van der Waals surface area contributed by atoms with Gasteiger partial charge in [0.2, 0.25) is 0 Å². The Hall–Kier alpha value is -2.64. The molecule has 0 saturated carbocycles. The number of carbonyl (C=O) groups is 2. The van der Waals surface area contributed by atoms with E-state index in [1.165, 1.54) is 17.0 Å². The molecule has 22 heavy (non-hydrogen) atoms. The molecule has 0 unspecified atom stereocenters. The number of nitro groups is 1. The summed E-state index contributed by atoms with van der Waals surface area (Å²) in [4.78, 5) is 34.0. The maximum Gasteiger partial charge on any atom is 0.407 e. The highest BCUT2D eigenvalue weighted by Crippen LogP contribution is 2.20. The molecule has 1 N–H and O–H groups in total. The molecule has 1 saturated heterocycles. The molecule has 1 aliphatic heterocycles. The summed E-state index contributed by atoms with van der Waals surface area (Å²) >= 11 is 0. The van der Waals surface area contributed by atoms with E-state index in [1.807, 2.05) is 0 Å². The number of non-ortho nitro benzene ring substituents is 1. The first kappa shape index (κ1) is 15.7. The van der Waals surface area contributed by atoms with Crippen LogP contribution in [0.15, 0.2) is 24.3 Å². The SMILES string of the molecule is O=C(OCc1ccc([N+](=O)[O-])cc1)C1CCN(C(=O)O)CC1. The Bertz CT molecular complexity index is 563. The molecule has 0 radical (unpaired) electrons. The number of likely N-dealkylation sites (tertiary alicyclic amines) is 1. The van der Waals surface area contributed by atoms with E-state index in [0.29, 0.717) is 31.5 Å². The predicted octanol–water partition coefficient (Wildman–Crippen LogP) is 2.03. The molecular formula is C14H16N2O6. The summed E-state index contributed by atoms with van der Waals surface area (Å²) in [5.74, 6) is -0.656. The second kappa shape index (κ2) is 6.88. The quantitative estimate of drug-likeness (QED) is 0.517. The summed E-state index contributed by atoms with van der Waals surface area (Å²) in [5.41, 5.74) is 0.651. The molecule has 118 valence electrons. The number of hydrogen-bond donors (Lipinski definition) is 1. The second-order valence-corrected chi connectivity index (χ2v) is 5.08. The molecule has 0 spiro atoms. The minimum absolute atomic E-state index is 0.0175. The van der Waals surface area contributed by atoms with Crippen LogP contribution in [0.25, 0.3) is 0 Å². The highest BCUT2D eigenvalue weighted by atomic mass is 16.6. The number of piperidine rings is 1. The molecule has 0 bridgehead atoms. The first-order valence-electron chi connectivity index (χ1n) is 6.85. The number of rotatable bonds is 4. The lowest BCUT2D eigenvalue weighted by molar-refractivity contribution is -0.384. The van der Waals surface area contributed by atoms with Crippen molar-refractivity contribution in [3.05, 3.63) is 39.9 Å². The largest absolute Gasteiger partial charge is 0.465 e. The molecular weight excluding hydrogens is 292 g/mol. The van der Waals surface area contributed by atoms with Crippen molar-refractivity contribution in [3.8, 4) is 0 Å². The van der Waals surface area contributed by atoms with Gasteiger partial charge in [0.15, 0.2) is 0 Å². The molecule has 1 aromatic rings. The van der Waals surface area contributed by atoms with Crippen molar-refractivity contribution in [1.29, 1.82) is 0 Å². The average Bonchev–Trinajstić information content (AvgIpc) is 2.53.